The number of piperazine rings is 1. The highest BCUT2D eigenvalue weighted by atomic mass is 19.3. The fraction of sp³-hybridized carbons (Fsp3) is 0.500. The van der Waals surface area contributed by atoms with Crippen molar-refractivity contribution in [2.75, 3.05) is 45.9 Å². The van der Waals surface area contributed by atoms with Crippen LogP contribution in [-0.4, -0.2) is 130 Å². The molecule has 2 atom stereocenters. The largest absolute Gasteiger partial charge is 0.483 e. The number of carbonyl (C=O) groups excluding carboxylic acids is 4. The van der Waals surface area contributed by atoms with Gasteiger partial charge in [-0.3, -0.25) is 24.0 Å². The van der Waals surface area contributed by atoms with Gasteiger partial charge >= 0.3 is 12.1 Å². The van der Waals surface area contributed by atoms with E-state index in [1.807, 2.05) is 0 Å². The number of ether oxygens (including phenoxy) is 1. The number of aryl methyl sites for hydroxylation is 1. The number of fused-ring (bicyclic) bond motifs is 1. The monoisotopic (exact) mass is 662 g/mol. The predicted molar refractivity (Wildman–Crippen MR) is 160 cm³/mol. The first-order chi connectivity index (χ1) is 22.3. The molecule has 2 aliphatic rings. The Morgan fingerprint density at radius 2 is 1.72 bits per heavy atom. The number of hydrogen-bond acceptors (Lipinski definition) is 8. The molecule has 17 heteroatoms. The topological polar surface area (TPSA) is 199 Å². The first kappa shape index (κ1) is 34.8. The summed E-state index contributed by atoms with van der Waals surface area (Å²) in [4.78, 5) is 83.0. The van der Waals surface area contributed by atoms with Crippen molar-refractivity contribution >= 4 is 46.6 Å². The second-order valence-corrected chi connectivity index (χ2v) is 11.2. The van der Waals surface area contributed by atoms with Gasteiger partial charge < -0.3 is 40.3 Å². The van der Waals surface area contributed by atoms with Crippen molar-refractivity contribution in [1.29, 1.82) is 0 Å². The summed E-state index contributed by atoms with van der Waals surface area (Å²) in [6.07, 6.45) is -3.71. The van der Waals surface area contributed by atoms with Gasteiger partial charge in [0.1, 0.15) is 23.5 Å². The van der Waals surface area contributed by atoms with E-state index in [0.717, 1.165) is 10.5 Å². The first-order valence-electron chi connectivity index (χ1n) is 15.0. The second-order valence-electron chi connectivity index (χ2n) is 11.2. The zero-order chi connectivity index (χ0) is 34.2. The summed E-state index contributed by atoms with van der Waals surface area (Å²) in [7, 11) is 0. The van der Waals surface area contributed by atoms with E-state index in [1.165, 1.54) is 15.9 Å². The van der Waals surface area contributed by atoms with Gasteiger partial charge in [0.2, 0.25) is 11.8 Å². The number of carbonyl (C=O) groups is 6. The van der Waals surface area contributed by atoms with Crippen molar-refractivity contribution in [1.82, 2.24) is 30.3 Å². The van der Waals surface area contributed by atoms with E-state index < -0.39 is 73.8 Å². The van der Waals surface area contributed by atoms with E-state index in [9.17, 15) is 47.8 Å². The molecule has 254 valence electrons. The molecule has 4 N–H and O–H groups in total. The maximum absolute atomic E-state index is 13.5. The number of pyridine rings is 1. The van der Waals surface area contributed by atoms with E-state index in [-0.39, 0.29) is 50.6 Å². The molecule has 0 radical (unpaired) electrons. The molecular weight excluding hydrogens is 626 g/mol. The summed E-state index contributed by atoms with van der Waals surface area (Å²) < 4.78 is 31.0. The highest BCUT2D eigenvalue weighted by Gasteiger charge is 2.35. The highest BCUT2D eigenvalue weighted by molar-refractivity contribution is 5.99. The predicted octanol–water partition coefficient (Wildman–Crippen LogP) is 1.08. The minimum atomic E-state index is -2.73. The van der Waals surface area contributed by atoms with Gasteiger partial charge in [0.05, 0.1) is 12.1 Å². The molecule has 15 nitrogen and oxygen atoms in total. The Labute approximate surface area is 267 Å². The molecule has 0 saturated carbocycles. The Morgan fingerprint density at radius 1 is 1.02 bits per heavy atom. The summed E-state index contributed by atoms with van der Waals surface area (Å²) >= 11 is 0. The lowest BCUT2D eigenvalue weighted by Crippen LogP contribution is -2.55. The summed E-state index contributed by atoms with van der Waals surface area (Å²) in [5.74, 6) is -3.71. The zero-order valence-electron chi connectivity index (χ0n) is 25.6. The normalized spacial score (nSPS) is 17.0. The maximum atomic E-state index is 13.5. The third-order valence-corrected chi connectivity index (χ3v) is 7.93. The quantitative estimate of drug-likeness (QED) is 0.255. The van der Waals surface area contributed by atoms with Crippen LogP contribution in [0.5, 0.6) is 5.75 Å². The van der Waals surface area contributed by atoms with Crippen LogP contribution >= 0.6 is 0 Å². The van der Waals surface area contributed by atoms with Crippen molar-refractivity contribution in [2.45, 2.75) is 51.1 Å². The van der Waals surface area contributed by atoms with Gasteiger partial charge in [-0.15, -0.1) is 0 Å². The Morgan fingerprint density at radius 3 is 2.38 bits per heavy atom. The summed E-state index contributed by atoms with van der Waals surface area (Å²) in [5, 5.41) is 23.6. The molecule has 5 amide bonds. The molecule has 0 bridgehead atoms. The van der Waals surface area contributed by atoms with Crippen LogP contribution in [0.1, 0.15) is 41.7 Å². The SMILES string of the molecule is Cc1ccc2c(OCC(=O)N3CCC[C@H]3C(=O)NCC(F)F)cc(C(=O)N[C@@H](CCC(=O)O)C(=O)N3CCN(C(=O)O)CC3)nc2c1. The molecular formula is C30H36F2N6O9. The zero-order valence-corrected chi connectivity index (χ0v) is 25.6. The fourth-order valence-electron chi connectivity index (χ4n) is 5.49. The van der Waals surface area contributed by atoms with Crippen LogP contribution < -0.4 is 15.4 Å². The molecule has 0 unspecified atom stereocenters. The molecule has 4 rings (SSSR count). The average Bonchev–Trinajstić information content (AvgIpc) is 3.54. The Bertz CT molecular complexity index is 1530. The number of aromatic nitrogens is 1. The molecule has 3 heterocycles. The van der Waals surface area contributed by atoms with Gasteiger partial charge in [0.25, 0.3) is 18.2 Å². The number of likely N-dealkylation sites (tertiary alicyclic amines) is 1. The summed E-state index contributed by atoms with van der Waals surface area (Å²) in [5.41, 5.74) is 0.956. The number of carboxylic acid groups (broad SMARTS) is 2. The lowest BCUT2D eigenvalue weighted by molar-refractivity contribution is -0.140. The molecule has 47 heavy (non-hydrogen) atoms. The van der Waals surface area contributed by atoms with Crippen LogP contribution in [0.3, 0.4) is 0 Å². The van der Waals surface area contributed by atoms with Gasteiger partial charge in [0, 0.05) is 50.6 Å². The summed E-state index contributed by atoms with van der Waals surface area (Å²) in [6.45, 7) is 0.922. The number of aliphatic carboxylic acids is 1. The van der Waals surface area contributed by atoms with Crippen LogP contribution in [0, 0.1) is 6.92 Å². The maximum Gasteiger partial charge on any atom is 0.407 e. The van der Waals surface area contributed by atoms with Crippen LogP contribution in [-0.2, 0) is 19.2 Å². The fourth-order valence-corrected chi connectivity index (χ4v) is 5.49. The summed E-state index contributed by atoms with van der Waals surface area (Å²) in [6, 6.07) is 4.24. The first-order valence-corrected chi connectivity index (χ1v) is 15.0. The van der Waals surface area contributed by atoms with E-state index in [0.29, 0.717) is 23.7 Å². The molecule has 1 aromatic heterocycles. The number of rotatable bonds is 12. The van der Waals surface area contributed by atoms with Crippen molar-refractivity contribution < 1.29 is 52.5 Å². The number of amides is 5. The number of benzene rings is 1. The number of halogens is 2. The molecule has 0 spiro atoms. The lowest BCUT2D eigenvalue weighted by atomic mass is 10.1. The number of carboxylic acids is 1. The van der Waals surface area contributed by atoms with E-state index >= 15 is 0 Å². The highest BCUT2D eigenvalue weighted by Crippen LogP contribution is 2.27. The van der Waals surface area contributed by atoms with Crippen molar-refractivity contribution in [3.05, 3.63) is 35.5 Å². The van der Waals surface area contributed by atoms with Gasteiger partial charge in [-0.25, -0.2) is 18.6 Å². The van der Waals surface area contributed by atoms with E-state index in [2.05, 4.69) is 15.6 Å². The Hall–Kier alpha value is -5.09. The molecule has 2 aliphatic heterocycles. The second kappa shape index (κ2) is 15.5. The minimum absolute atomic E-state index is 0.0597. The average molecular weight is 663 g/mol. The third kappa shape index (κ3) is 9.01. The minimum Gasteiger partial charge on any atom is -0.483 e. The van der Waals surface area contributed by atoms with Crippen molar-refractivity contribution in [3.63, 3.8) is 0 Å². The smallest absolute Gasteiger partial charge is 0.407 e. The Balaban J connectivity index is 1.51. The standard InChI is InChI=1S/C30H36F2N6O9/c1-17-4-5-18-20(13-17)34-21(14-23(18)47-16-25(39)38-8-2-3-22(38)28(43)33-15-24(31)32)27(42)35-19(6-7-26(40)41)29(44)36-9-11-37(12-10-36)30(45)46/h4-5,13-14,19,22,24H,2-3,6-12,15-16H2,1H3,(H,33,43)(H,35,42)(H,40,41)(H,45,46)/t19-,22-/m0/s1. The van der Waals surface area contributed by atoms with Crippen molar-refractivity contribution in [2.24, 2.45) is 0 Å². The van der Waals surface area contributed by atoms with Crippen LogP contribution in [0.25, 0.3) is 10.9 Å². The Kier molecular flexibility index (Phi) is 11.4. The number of alkyl halides is 2. The number of nitrogens with zero attached hydrogens (tertiary/aromatic N) is 4. The lowest BCUT2D eigenvalue weighted by Gasteiger charge is -2.35. The molecule has 2 saturated heterocycles. The number of hydrogen-bond donors (Lipinski definition) is 4. The van der Waals surface area contributed by atoms with Crippen LogP contribution in [0.4, 0.5) is 13.6 Å². The van der Waals surface area contributed by atoms with Gasteiger partial charge in [0.15, 0.2) is 6.61 Å². The van der Waals surface area contributed by atoms with Crippen LogP contribution in [0.2, 0.25) is 0 Å². The van der Waals surface area contributed by atoms with Gasteiger partial charge in [-0.1, -0.05) is 6.07 Å². The van der Waals surface area contributed by atoms with Crippen LogP contribution in [0.15, 0.2) is 24.3 Å². The van der Waals surface area contributed by atoms with Crippen molar-refractivity contribution in [3.8, 4) is 5.75 Å². The van der Waals surface area contributed by atoms with E-state index in [1.54, 1.807) is 25.1 Å². The van der Waals surface area contributed by atoms with Gasteiger partial charge in [-0.2, -0.15) is 0 Å². The molecule has 1 aromatic carbocycles. The van der Waals surface area contributed by atoms with Gasteiger partial charge in [-0.05, 0) is 43.9 Å². The van der Waals surface area contributed by atoms with E-state index in [4.69, 9.17) is 4.74 Å². The molecule has 2 fully saturated rings. The molecule has 0 aliphatic carbocycles. The molecule has 2 aromatic rings. The third-order valence-electron chi connectivity index (χ3n) is 7.93. The number of nitrogens with one attached hydrogen (secondary N) is 2.